The molecule has 0 amide bonds. The number of nitrogens with two attached hydrogens (primary N) is 1. The molecule has 0 saturated carbocycles. The van der Waals surface area contributed by atoms with Crippen molar-refractivity contribution in [1.29, 1.82) is 0 Å². The van der Waals surface area contributed by atoms with Gasteiger partial charge in [0, 0.05) is 37.7 Å². The summed E-state index contributed by atoms with van der Waals surface area (Å²) in [7, 11) is 1.89. The molecule has 6 heteroatoms. The van der Waals surface area contributed by atoms with Crippen molar-refractivity contribution in [3.8, 4) is 0 Å². The van der Waals surface area contributed by atoms with E-state index in [4.69, 9.17) is 5.73 Å². The molecule has 2 heterocycles. The van der Waals surface area contributed by atoms with E-state index in [1.165, 1.54) is 0 Å². The molecule has 1 atom stereocenters. The normalized spacial score (nSPS) is 12.6. The monoisotopic (exact) mass is 235 g/mol. The summed E-state index contributed by atoms with van der Waals surface area (Å²) in [6.07, 6.45) is 7.25. The molecule has 0 aromatic carbocycles. The lowest BCUT2D eigenvalue weighted by Crippen LogP contribution is -2.09. The van der Waals surface area contributed by atoms with Gasteiger partial charge in [-0.2, -0.15) is 5.10 Å². The minimum atomic E-state index is 0.149. The van der Waals surface area contributed by atoms with Crippen LogP contribution in [0.2, 0.25) is 0 Å². The van der Waals surface area contributed by atoms with Crippen molar-refractivity contribution >= 4 is 11.8 Å². The molecule has 2 N–H and O–H groups in total. The average molecular weight is 235 g/mol. The van der Waals surface area contributed by atoms with Gasteiger partial charge in [0.2, 0.25) is 0 Å². The van der Waals surface area contributed by atoms with Gasteiger partial charge in [0.05, 0.1) is 11.4 Å². The SMILES string of the molecule is Cn1cc(C(CN)Sc2ncccn2)cn1. The molecule has 16 heavy (non-hydrogen) atoms. The summed E-state index contributed by atoms with van der Waals surface area (Å²) in [4.78, 5) is 8.34. The van der Waals surface area contributed by atoms with Crippen molar-refractivity contribution in [2.24, 2.45) is 12.8 Å². The molecule has 0 aliphatic heterocycles. The molecule has 5 nitrogen and oxygen atoms in total. The Bertz CT molecular complexity index is 441. The van der Waals surface area contributed by atoms with Gasteiger partial charge in [0.1, 0.15) is 0 Å². The van der Waals surface area contributed by atoms with Crippen LogP contribution in [-0.4, -0.2) is 26.3 Å². The van der Waals surface area contributed by atoms with Crippen molar-refractivity contribution in [2.75, 3.05) is 6.54 Å². The van der Waals surface area contributed by atoms with Gasteiger partial charge in [-0.15, -0.1) is 0 Å². The van der Waals surface area contributed by atoms with E-state index >= 15 is 0 Å². The van der Waals surface area contributed by atoms with Crippen LogP contribution >= 0.6 is 11.8 Å². The number of nitrogens with zero attached hydrogens (tertiary/aromatic N) is 4. The second-order valence-corrected chi connectivity index (χ2v) is 4.49. The van der Waals surface area contributed by atoms with Gasteiger partial charge in [0.15, 0.2) is 5.16 Å². The molecule has 2 aromatic heterocycles. The van der Waals surface area contributed by atoms with E-state index in [2.05, 4.69) is 15.1 Å². The summed E-state index contributed by atoms with van der Waals surface area (Å²) in [6.45, 7) is 0.536. The van der Waals surface area contributed by atoms with Crippen molar-refractivity contribution in [1.82, 2.24) is 19.7 Å². The molecule has 0 aliphatic rings. The Hall–Kier alpha value is -1.40. The van der Waals surface area contributed by atoms with Crippen LogP contribution in [0.15, 0.2) is 36.0 Å². The Labute approximate surface area is 98.1 Å². The van der Waals surface area contributed by atoms with Crippen LogP contribution in [0.5, 0.6) is 0 Å². The van der Waals surface area contributed by atoms with Gasteiger partial charge < -0.3 is 5.73 Å². The number of rotatable bonds is 4. The van der Waals surface area contributed by atoms with Gasteiger partial charge in [-0.05, 0) is 6.07 Å². The second kappa shape index (κ2) is 5.09. The molecule has 0 bridgehead atoms. The maximum absolute atomic E-state index is 5.75. The largest absolute Gasteiger partial charge is 0.329 e. The fourth-order valence-electron chi connectivity index (χ4n) is 1.33. The summed E-state index contributed by atoms with van der Waals surface area (Å²) in [5.41, 5.74) is 6.85. The highest BCUT2D eigenvalue weighted by atomic mass is 32.2. The predicted molar refractivity (Wildman–Crippen MR) is 62.9 cm³/mol. The molecule has 0 aliphatic carbocycles. The molecule has 1 unspecified atom stereocenters. The van der Waals surface area contributed by atoms with Crippen molar-refractivity contribution in [2.45, 2.75) is 10.4 Å². The summed E-state index contributed by atoms with van der Waals surface area (Å²) in [5, 5.41) is 5.02. The molecule has 2 rings (SSSR count). The van der Waals surface area contributed by atoms with Crippen LogP contribution in [0.4, 0.5) is 0 Å². The molecule has 84 valence electrons. The van der Waals surface area contributed by atoms with Gasteiger partial charge in [-0.3, -0.25) is 4.68 Å². The smallest absolute Gasteiger partial charge is 0.188 e. The first-order valence-corrected chi connectivity index (χ1v) is 5.80. The van der Waals surface area contributed by atoms with E-state index in [-0.39, 0.29) is 5.25 Å². The number of hydrogen-bond donors (Lipinski definition) is 1. The van der Waals surface area contributed by atoms with E-state index in [1.807, 2.05) is 19.4 Å². The lowest BCUT2D eigenvalue weighted by atomic mass is 10.2. The summed E-state index contributed by atoms with van der Waals surface area (Å²) < 4.78 is 1.77. The molecular formula is C10H13N5S. The van der Waals surface area contributed by atoms with Crippen molar-refractivity contribution < 1.29 is 0 Å². The van der Waals surface area contributed by atoms with Crippen LogP contribution in [0.1, 0.15) is 10.8 Å². The van der Waals surface area contributed by atoms with E-state index in [1.54, 1.807) is 34.9 Å². The standard InChI is InChI=1S/C10H13N5S/c1-15-7-8(6-14-15)9(5-11)16-10-12-3-2-4-13-10/h2-4,6-7,9H,5,11H2,1H3. The number of aromatic nitrogens is 4. The second-order valence-electron chi connectivity index (χ2n) is 3.32. The molecule has 0 saturated heterocycles. The Balaban J connectivity index is 2.12. The van der Waals surface area contributed by atoms with Crippen molar-refractivity contribution in [3.05, 3.63) is 36.4 Å². The predicted octanol–water partition coefficient (Wildman–Crippen LogP) is 1.00. The zero-order valence-electron chi connectivity index (χ0n) is 8.95. The zero-order valence-corrected chi connectivity index (χ0v) is 9.76. The molecule has 0 radical (unpaired) electrons. The van der Waals surface area contributed by atoms with Crippen LogP contribution in [0.3, 0.4) is 0 Å². The third-order valence-corrected chi connectivity index (χ3v) is 3.27. The van der Waals surface area contributed by atoms with Crippen LogP contribution in [-0.2, 0) is 7.05 Å². The van der Waals surface area contributed by atoms with Crippen LogP contribution in [0.25, 0.3) is 0 Å². The van der Waals surface area contributed by atoms with Gasteiger partial charge >= 0.3 is 0 Å². The first-order valence-electron chi connectivity index (χ1n) is 4.92. The van der Waals surface area contributed by atoms with Crippen molar-refractivity contribution in [3.63, 3.8) is 0 Å². The van der Waals surface area contributed by atoms with E-state index < -0.39 is 0 Å². The maximum Gasteiger partial charge on any atom is 0.188 e. The minimum absolute atomic E-state index is 0.149. The van der Waals surface area contributed by atoms with Crippen LogP contribution < -0.4 is 5.73 Å². The first-order chi connectivity index (χ1) is 7.79. The van der Waals surface area contributed by atoms with E-state index in [9.17, 15) is 0 Å². The quantitative estimate of drug-likeness (QED) is 0.632. The Kier molecular flexibility index (Phi) is 3.53. The summed E-state index contributed by atoms with van der Waals surface area (Å²) in [5.74, 6) is 0. The van der Waals surface area contributed by atoms with E-state index in [0.29, 0.717) is 6.54 Å². The molecule has 0 fully saturated rings. The third-order valence-electron chi connectivity index (χ3n) is 2.10. The highest BCUT2D eigenvalue weighted by molar-refractivity contribution is 7.99. The summed E-state index contributed by atoms with van der Waals surface area (Å²) >= 11 is 1.55. The fraction of sp³-hybridized carbons (Fsp3) is 0.300. The number of thioether (sulfide) groups is 1. The Morgan fingerprint density at radius 3 is 2.75 bits per heavy atom. The average Bonchev–Trinajstić information content (AvgIpc) is 2.74. The zero-order chi connectivity index (χ0) is 11.4. The fourth-order valence-corrected chi connectivity index (χ4v) is 2.18. The summed E-state index contributed by atoms with van der Waals surface area (Å²) in [6, 6.07) is 1.80. The van der Waals surface area contributed by atoms with Gasteiger partial charge in [0.25, 0.3) is 0 Å². The molecule has 0 spiro atoms. The van der Waals surface area contributed by atoms with Gasteiger partial charge in [-0.1, -0.05) is 11.8 Å². The lowest BCUT2D eigenvalue weighted by molar-refractivity contribution is 0.766. The van der Waals surface area contributed by atoms with Gasteiger partial charge in [-0.25, -0.2) is 9.97 Å². The van der Waals surface area contributed by atoms with Crippen LogP contribution in [0, 0.1) is 0 Å². The van der Waals surface area contributed by atoms with E-state index in [0.717, 1.165) is 10.7 Å². The first kappa shape index (κ1) is 11.1. The topological polar surface area (TPSA) is 69.6 Å². The number of aryl methyl sites for hydroxylation is 1. The molecular weight excluding hydrogens is 222 g/mol. The lowest BCUT2D eigenvalue weighted by Gasteiger charge is -2.10. The third kappa shape index (κ3) is 2.59. The number of hydrogen-bond acceptors (Lipinski definition) is 5. The highest BCUT2D eigenvalue weighted by Crippen LogP contribution is 2.31. The minimum Gasteiger partial charge on any atom is -0.329 e. The molecule has 2 aromatic rings. The Morgan fingerprint density at radius 1 is 1.44 bits per heavy atom. The Morgan fingerprint density at radius 2 is 2.19 bits per heavy atom. The highest BCUT2D eigenvalue weighted by Gasteiger charge is 2.14. The maximum atomic E-state index is 5.75.